The first kappa shape index (κ1) is 14.7. The van der Waals surface area contributed by atoms with Crippen molar-refractivity contribution in [3.05, 3.63) is 15.9 Å². The smallest absolute Gasteiger partial charge is 0.252 e. The maximum Gasteiger partial charge on any atom is 0.252 e. The molecule has 1 fully saturated rings. The van der Waals surface area contributed by atoms with E-state index in [4.69, 9.17) is 16.3 Å². The van der Waals surface area contributed by atoms with E-state index < -0.39 is 10.0 Å². The van der Waals surface area contributed by atoms with Gasteiger partial charge in [0.05, 0.1) is 16.0 Å². The molecule has 0 radical (unpaired) electrons. The van der Waals surface area contributed by atoms with E-state index in [1.165, 1.54) is 15.6 Å². The Morgan fingerprint density at radius 2 is 2.28 bits per heavy atom. The third-order valence-electron chi connectivity index (χ3n) is 2.61. The molecular formula is C10H13BrClNO3S2. The van der Waals surface area contributed by atoms with Gasteiger partial charge in [0.1, 0.15) is 4.21 Å². The first-order valence-electron chi connectivity index (χ1n) is 5.40. The van der Waals surface area contributed by atoms with Crippen molar-refractivity contribution < 1.29 is 13.2 Å². The summed E-state index contributed by atoms with van der Waals surface area (Å²) in [6.45, 7) is 2.53. The number of ether oxygens (including phenoxy) is 1. The van der Waals surface area contributed by atoms with Crippen molar-refractivity contribution >= 4 is 48.9 Å². The number of thiophene rings is 1. The monoisotopic (exact) mass is 373 g/mol. The van der Waals surface area contributed by atoms with Crippen LogP contribution in [0.5, 0.6) is 0 Å². The third-order valence-corrected chi connectivity index (χ3v) is 6.87. The molecule has 2 atom stereocenters. The van der Waals surface area contributed by atoms with Crippen LogP contribution in [0, 0.1) is 0 Å². The molecule has 1 saturated heterocycles. The van der Waals surface area contributed by atoms with Crippen molar-refractivity contribution in [2.75, 3.05) is 19.0 Å². The molecule has 2 rings (SSSR count). The predicted octanol–water partition coefficient (Wildman–Crippen LogP) is 2.53. The van der Waals surface area contributed by atoms with Gasteiger partial charge < -0.3 is 4.74 Å². The van der Waals surface area contributed by atoms with Crippen LogP contribution in [-0.2, 0) is 14.8 Å². The number of nitrogens with zero attached hydrogens (tertiary/aromatic N) is 1. The zero-order chi connectivity index (χ0) is 13.3. The van der Waals surface area contributed by atoms with Gasteiger partial charge in [-0.2, -0.15) is 4.31 Å². The Morgan fingerprint density at radius 1 is 1.56 bits per heavy atom. The fourth-order valence-corrected chi connectivity index (χ4v) is 5.73. The topological polar surface area (TPSA) is 46.6 Å². The summed E-state index contributed by atoms with van der Waals surface area (Å²) in [7, 11) is -3.43. The summed E-state index contributed by atoms with van der Waals surface area (Å²) in [6.07, 6.45) is -0.380. The Balaban J connectivity index is 2.24. The van der Waals surface area contributed by atoms with E-state index in [0.29, 0.717) is 23.2 Å². The SMILES string of the molecule is CC1CN(S(=O)(=O)c2ccc(Br)s2)CC(CCl)O1. The standard InChI is InChI=1S/C10H13BrClNO3S2/c1-7-5-13(6-8(4-12)16-7)18(14,15)10-3-2-9(11)17-10/h2-3,7-8H,4-6H2,1H3. The Bertz CT molecular complexity index is 519. The molecule has 0 N–H and O–H groups in total. The van der Waals surface area contributed by atoms with Crippen LogP contribution in [-0.4, -0.2) is 43.9 Å². The van der Waals surface area contributed by atoms with Gasteiger partial charge in [0.2, 0.25) is 0 Å². The normalized spacial score (nSPS) is 26.4. The molecule has 18 heavy (non-hydrogen) atoms. The van der Waals surface area contributed by atoms with Crippen LogP contribution in [0.1, 0.15) is 6.92 Å². The van der Waals surface area contributed by atoms with Crippen LogP contribution >= 0.6 is 38.9 Å². The lowest BCUT2D eigenvalue weighted by Gasteiger charge is -2.34. The van der Waals surface area contributed by atoms with Gasteiger partial charge in [0.15, 0.2) is 0 Å². The van der Waals surface area contributed by atoms with Crippen molar-refractivity contribution in [1.82, 2.24) is 4.31 Å². The Kier molecular flexibility index (Phi) is 4.72. The van der Waals surface area contributed by atoms with E-state index in [2.05, 4.69) is 15.9 Å². The molecule has 1 aliphatic rings. The van der Waals surface area contributed by atoms with Gasteiger partial charge in [-0.25, -0.2) is 8.42 Å². The third kappa shape index (κ3) is 3.08. The van der Waals surface area contributed by atoms with Crippen LogP contribution in [0.15, 0.2) is 20.1 Å². The summed E-state index contributed by atoms with van der Waals surface area (Å²) in [5, 5.41) is 0. The Labute approximate surface area is 124 Å². The second kappa shape index (κ2) is 5.76. The summed E-state index contributed by atoms with van der Waals surface area (Å²) in [5.41, 5.74) is 0. The zero-order valence-electron chi connectivity index (χ0n) is 9.68. The lowest BCUT2D eigenvalue weighted by Crippen LogP contribution is -2.49. The molecular weight excluding hydrogens is 362 g/mol. The minimum atomic E-state index is -3.43. The fourth-order valence-electron chi connectivity index (χ4n) is 1.85. The van der Waals surface area contributed by atoms with Crippen molar-refractivity contribution in [2.45, 2.75) is 23.3 Å². The summed E-state index contributed by atoms with van der Waals surface area (Å²) in [4.78, 5) is 0. The summed E-state index contributed by atoms with van der Waals surface area (Å²) < 4.78 is 33.0. The minimum absolute atomic E-state index is 0.138. The van der Waals surface area contributed by atoms with E-state index in [9.17, 15) is 8.42 Å². The predicted molar refractivity (Wildman–Crippen MR) is 75.8 cm³/mol. The van der Waals surface area contributed by atoms with Crippen molar-refractivity contribution in [3.8, 4) is 0 Å². The molecule has 4 nitrogen and oxygen atoms in total. The molecule has 8 heteroatoms. The number of sulfonamides is 1. The molecule has 1 aromatic rings. The molecule has 0 aliphatic carbocycles. The van der Waals surface area contributed by atoms with Gasteiger partial charge >= 0.3 is 0 Å². The summed E-state index contributed by atoms with van der Waals surface area (Å²) >= 11 is 10.2. The van der Waals surface area contributed by atoms with Crippen molar-refractivity contribution in [2.24, 2.45) is 0 Å². The lowest BCUT2D eigenvalue weighted by molar-refractivity contribution is -0.0422. The Morgan fingerprint density at radius 3 is 2.83 bits per heavy atom. The van der Waals surface area contributed by atoms with Gasteiger partial charge in [-0.05, 0) is 35.0 Å². The van der Waals surface area contributed by atoms with Gasteiger partial charge in [0.25, 0.3) is 10.0 Å². The average molecular weight is 375 g/mol. The maximum absolute atomic E-state index is 12.4. The van der Waals surface area contributed by atoms with E-state index in [1.54, 1.807) is 12.1 Å². The summed E-state index contributed by atoms with van der Waals surface area (Å²) in [6, 6.07) is 3.35. The first-order valence-corrected chi connectivity index (χ1v) is 8.99. The highest BCUT2D eigenvalue weighted by Crippen LogP contribution is 2.30. The van der Waals surface area contributed by atoms with Gasteiger partial charge in [-0.15, -0.1) is 22.9 Å². The quantitative estimate of drug-likeness (QED) is 0.764. The number of alkyl halides is 1. The van der Waals surface area contributed by atoms with Crippen LogP contribution in [0.3, 0.4) is 0 Å². The van der Waals surface area contributed by atoms with Crippen LogP contribution in [0.2, 0.25) is 0 Å². The van der Waals surface area contributed by atoms with Crippen LogP contribution in [0.25, 0.3) is 0 Å². The van der Waals surface area contributed by atoms with E-state index in [1.807, 2.05) is 6.92 Å². The second-order valence-electron chi connectivity index (χ2n) is 4.10. The minimum Gasteiger partial charge on any atom is -0.371 e. The lowest BCUT2D eigenvalue weighted by atomic mass is 10.3. The molecule has 1 aliphatic heterocycles. The highest BCUT2D eigenvalue weighted by molar-refractivity contribution is 9.11. The Hall–Kier alpha value is 0.340. The highest BCUT2D eigenvalue weighted by Gasteiger charge is 2.34. The van der Waals surface area contributed by atoms with Crippen LogP contribution < -0.4 is 0 Å². The maximum atomic E-state index is 12.4. The number of hydrogen-bond acceptors (Lipinski definition) is 4. The molecule has 102 valence electrons. The number of hydrogen-bond donors (Lipinski definition) is 0. The second-order valence-corrected chi connectivity index (χ2v) is 9.04. The van der Waals surface area contributed by atoms with Gasteiger partial charge in [0, 0.05) is 19.0 Å². The van der Waals surface area contributed by atoms with Crippen LogP contribution in [0.4, 0.5) is 0 Å². The molecule has 1 aromatic heterocycles. The molecule has 0 saturated carbocycles. The molecule has 0 bridgehead atoms. The van der Waals surface area contributed by atoms with Crippen molar-refractivity contribution in [3.63, 3.8) is 0 Å². The van der Waals surface area contributed by atoms with E-state index >= 15 is 0 Å². The molecule has 0 aromatic carbocycles. The highest BCUT2D eigenvalue weighted by atomic mass is 79.9. The van der Waals surface area contributed by atoms with E-state index in [-0.39, 0.29) is 12.2 Å². The summed E-state index contributed by atoms with van der Waals surface area (Å²) in [5.74, 6) is 0.296. The average Bonchev–Trinajstić information content (AvgIpc) is 2.75. The molecule has 0 amide bonds. The number of halogens is 2. The fraction of sp³-hybridized carbons (Fsp3) is 0.600. The number of morpholine rings is 1. The van der Waals surface area contributed by atoms with E-state index in [0.717, 1.165) is 3.79 Å². The number of rotatable bonds is 3. The first-order chi connectivity index (χ1) is 8.43. The molecule has 2 heterocycles. The van der Waals surface area contributed by atoms with Gasteiger partial charge in [-0.3, -0.25) is 0 Å². The largest absolute Gasteiger partial charge is 0.371 e. The molecule has 0 spiro atoms. The zero-order valence-corrected chi connectivity index (χ0v) is 13.7. The molecule has 2 unspecified atom stereocenters. The van der Waals surface area contributed by atoms with Crippen molar-refractivity contribution in [1.29, 1.82) is 0 Å². The van der Waals surface area contributed by atoms with Gasteiger partial charge in [-0.1, -0.05) is 0 Å².